The standard InChI is InChI=1S/C9H12ClN3O3S/c1-16-9-11-4-7(10)8(13-9)12-6-2-3-17(14,15)5-6/h4,6H,2-3,5H2,1H3,(H,11,12,13). The lowest BCUT2D eigenvalue weighted by Gasteiger charge is -2.12. The molecule has 0 amide bonds. The molecule has 0 spiro atoms. The van der Waals surface area contributed by atoms with Gasteiger partial charge in [-0.2, -0.15) is 4.98 Å². The molecule has 17 heavy (non-hydrogen) atoms. The molecule has 0 aromatic carbocycles. The van der Waals surface area contributed by atoms with Gasteiger partial charge in [-0.3, -0.25) is 0 Å². The Kier molecular flexibility index (Phi) is 3.39. The topological polar surface area (TPSA) is 81.2 Å². The summed E-state index contributed by atoms with van der Waals surface area (Å²) in [6.07, 6.45) is 1.98. The van der Waals surface area contributed by atoms with E-state index in [0.29, 0.717) is 17.3 Å². The fraction of sp³-hybridized carbons (Fsp3) is 0.556. The van der Waals surface area contributed by atoms with Crippen LogP contribution >= 0.6 is 11.6 Å². The molecule has 1 atom stereocenters. The summed E-state index contributed by atoms with van der Waals surface area (Å²) in [5, 5.41) is 3.34. The van der Waals surface area contributed by atoms with Crippen LogP contribution in [-0.4, -0.2) is 43.0 Å². The summed E-state index contributed by atoms with van der Waals surface area (Å²) in [6.45, 7) is 0. The van der Waals surface area contributed by atoms with E-state index in [0.717, 1.165) is 0 Å². The molecule has 2 heterocycles. The Hall–Kier alpha value is -1.08. The maximum Gasteiger partial charge on any atom is 0.318 e. The lowest BCUT2D eigenvalue weighted by Crippen LogP contribution is -2.21. The molecule has 1 N–H and O–H groups in total. The van der Waals surface area contributed by atoms with Crippen molar-refractivity contribution in [1.29, 1.82) is 0 Å². The average molecular weight is 278 g/mol. The minimum Gasteiger partial charge on any atom is -0.467 e. The molecule has 0 saturated carbocycles. The monoisotopic (exact) mass is 277 g/mol. The summed E-state index contributed by atoms with van der Waals surface area (Å²) >= 11 is 5.91. The van der Waals surface area contributed by atoms with Gasteiger partial charge >= 0.3 is 6.01 Å². The second-order valence-corrected chi connectivity index (χ2v) is 6.43. The Morgan fingerprint density at radius 1 is 1.59 bits per heavy atom. The van der Waals surface area contributed by atoms with Crippen molar-refractivity contribution in [3.8, 4) is 6.01 Å². The second-order valence-electron chi connectivity index (χ2n) is 3.80. The van der Waals surface area contributed by atoms with Crippen molar-refractivity contribution < 1.29 is 13.2 Å². The van der Waals surface area contributed by atoms with Crippen molar-refractivity contribution >= 4 is 27.3 Å². The normalized spacial score (nSPS) is 22.4. The van der Waals surface area contributed by atoms with E-state index in [1.165, 1.54) is 13.3 Å². The summed E-state index contributed by atoms with van der Waals surface area (Å²) in [4.78, 5) is 7.87. The molecule has 1 aliphatic heterocycles. The Bertz CT molecular complexity index is 520. The highest BCUT2D eigenvalue weighted by Gasteiger charge is 2.28. The van der Waals surface area contributed by atoms with E-state index in [9.17, 15) is 8.42 Å². The minimum absolute atomic E-state index is 0.107. The van der Waals surface area contributed by atoms with Gasteiger partial charge in [0.05, 0.1) is 24.8 Å². The molecule has 6 nitrogen and oxygen atoms in total. The molecule has 1 saturated heterocycles. The maximum atomic E-state index is 11.3. The van der Waals surface area contributed by atoms with Gasteiger partial charge in [-0.15, -0.1) is 0 Å². The van der Waals surface area contributed by atoms with Crippen LogP contribution in [0.1, 0.15) is 6.42 Å². The molecule has 1 unspecified atom stereocenters. The molecule has 1 aliphatic rings. The zero-order chi connectivity index (χ0) is 12.5. The third-order valence-corrected chi connectivity index (χ3v) is 4.52. The first-order valence-electron chi connectivity index (χ1n) is 5.03. The Balaban J connectivity index is 2.13. The number of ether oxygens (including phenoxy) is 1. The van der Waals surface area contributed by atoms with Crippen LogP contribution in [0.2, 0.25) is 5.02 Å². The van der Waals surface area contributed by atoms with E-state index in [1.807, 2.05) is 0 Å². The highest BCUT2D eigenvalue weighted by atomic mass is 35.5. The van der Waals surface area contributed by atoms with Crippen LogP contribution in [0.4, 0.5) is 5.82 Å². The highest BCUT2D eigenvalue weighted by molar-refractivity contribution is 7.91. The van der Waals surface area contributed by atoms with Gasteiger partial charge in [0.25, 0.3) is 0 Å². The van der Waals surface area contributed by atoms with Crippen molar-refractivity contribution in [3.05, 3.63) is 11.2 Å². The molecule has 8 heteroatoms. The molecule has 2 rings (SSSR count). The van der Waals surface area contributed by atoms with Gasteiger partial charge in [0.2, 0.25) is 0 Å². The number of hydrogen-bond donors (Lipinski definition) is 1. The number of rotatable bonds is 3. The molecule has 1 aromatic heterocycles. The van der Waals surface area contributed by atoms with Gasteiger partial charge in [0, 0.05) is 6.04 Å². The summed E-state index contributed by atoms with van der Waals surface area (Å²) in [5.74, 6) is 0.709. The molecule has 0 aliphatic carbocycles. The van der Waals surface area contributed by atoms with Crippen molar-refractivity contribution in [1.82, 2.24) is 9.97 Å². The molecule has 94 valence electrons. The van der Waals surface area contributed by atoms with Crippen LogP contribution in [0.3, 0.4) is 0 Å². The van der Waals surface area contributed by atoms with Gasteiger partial charge in [-0.1, -0.05) is 11.6 Å². The summed E-state index contributed by atoms with van der Waals surface area (Å²) in [5.41, 5.74) is 0. The third-order valence-electron chi connectivity index (χ3n) is 2.48. The Morgan fingerprint density at radius 3 is 2.94 bits per heavy atom. The van der Waals surface area contributed by atoms with Gasteiger partial charge in [0.1, 0.15) is 5.02 Å². The molecular weight excluding hydrogens is 266 g/mol. The number of nitrogens with one attached hydrogen (secondary N) is 1. The Labute approximate surface area is 104 Å². The number of sulfone groups is 1. The van der Waals surface area contributed by atoms with Gasteiger partial charge in [-0.25, -0.2) is 13.4 Å². The summed E-state index contributed by atoms with van der Waals surface area (Å²) in [6, 6.07) is 0.0369. The van der Waals surface area contributed by atoms with E-state index in [4.69, 9.17) is 16.3 Å². The largest absolute Gasteiger partial charge is 0.467 e. The van der Waals surface area contributed by atoms with Crippen LogP contribution in [-0.2, 0) is 9.84 Å². The predicted molar refractivity (Wildman–Crippen MR) is 64.3 cm³/mol. The number of hydrogen-bond acceptors (Lipinski definition) is 6. The molecule has 0 bridgehead atoms. The minimum atomic E-state index is -2.92. The Morgan fingerprint density at radius 2 is 2.35 bits per heavy atom. The van der Waals surface area contributed by atoms with Crippen LogP contribution in [0.25, 0.3) is 0 Å². The van der Waals surface area contributed by atoms with Crippen molar-refractivity contribution in [2.24, 2.45) is 0 Å². The molecule has 0 radical (unpaired) electrons. The maximum absolute atomic E-state index is 11.3. The van der Waals surface area contributed by atoms with E-state index >= 15 is 0 Å². The lowest BCUT2D eigenvalue weighted by atomic mass is 10.2. The predicted octanol–water partition coefficient (Wildman–Crippen LogP) is 0.738. The van der Waals surface area contributed by atoms with Crippen molar-refractivity contribution in [2.45, 2.75) is 12.5 Å². The van der Waals surface area contributed by atoms with Gasteiger partial charge in [0.15, 0.2) is 15.7 Å². The zero-order valence-corrected chi connectivity index (χ0v) is 10.8. The van der Waals surface area contributed by atoms with Crippen molar-refractivity contribution in [3.63, 3.8) is 0 Å². The number of nitrogens with zero attached hydrogens (tertiary/aromatic N) is 2. The number of methoxy groups -OCH3 is 1. The fourth-order valence-electron chi connectivity index (χ4n) is 1.65. The van der Waals surface area contributed by atoms with E-state index in [-0.39, 0.29) is 23.6 Å². The number of anilines is 1. The first-order valence-corrected chi connectivity index (χ1v) is 7.23. The SMILES string of the molecule is COc1ncc(Cl)c(NC2CCS(=O)(=O)C2)n1. The van der Waals surface area contributed by atoms with Crippen LogP contribution in [0.15, 0.2) is 6.20 Å². The summed E-state index contributed by atoms with van der Waals surface area (Å²) < 4.78 is 27.5. The fourth-order valence-corrected chi connectivity index (χ4v) is 3.47. The number of aromatic nitrogens is 2. The highest BCUT2D eigenvalue weighted by Crippen LogP contribution is 2.23. The third kappa shape index (κ3) is 2.98. The average Bonchev–Trinajstić information content (AvgIpc) is 2.61. The van der Waals surface area contributed by atoms with E-state index in [2.05, 4.69) is 15.3 Å². The lowest BCUT2D eigenvalue weighted by molar-refractivity contribution is 0.380. The van der Waals surface area contributed by atoms with Crippen LogP contribution in [0.5, 0.6) is 6.01 Å². The zero-order valence-electron chi connectivity index (χ0n) is 9.18. The first kappa shape index (κ1) is 12.4. The van der Waals surface area contributed by atoms with E-state index < -0.39 is 9.84 Å². The van der Waals surface area contributed by atoms with Gasteiger partial charge < -0.3 is 10.1 Å². The van der Waals surface area contributed by atoms with E-state index in [1.54, 1.807) is 0 Å². The number of halogens is 1. The molecule has 1 aromatic rings. The first-order chi connectivity index (χ1) is 8.00. The second kappa shape index (κ2) is 4.66. The van der Waals surface area contributed by atoms with Crippen LogP contribution < -0.4 is 10.1 Å². The molecular formula is C9H12ClN3O3S. The quantitative estimate of drug-likeness (QED) is 0.877. The van der Waals surface area contributed by atoms with Gasteiger partial charge in [-0.05, 0) is 6.42 Å². The smallest absolute Gasteiger partial charge is 0.318 e. The molecule has 1 fully saturated rings. The van der Waals surface area contributed by atoms with Crippen molar-refractivity contribution in [2.75, 3.05) is 23.9 Å². The van der Waals surface area contributed by atoms with Crippen LogP contribution in [0, 0.1) is 0 Å². The summed E-state index contributed by atoms with van der Waals surface area (Å²) in [7, 11) is -1.47.